The molecule has 0 atom stereocenters. The van der Waals surface area contributed by atoms with E-state index in [1.54, 1.807) is 0 Å². The van der Waals surface area contributed by atoms with Crippen LogP contribution >= 0.6 is 0 Å². The zero-order valence-electron chi connectivity index (χ0n) is 7.18. The molecule has 0 rings (SSSR count). The number of carboxylic acids is 1. The Kier molecular flexibility index (Phi) is 5.29. The maximum atomic E-state index is 10.2. The number of aliphatic hydroxyl groups excluding tert-OH is 3. The number of carbonyl (C=O) groups is 1. The lowest BCUT2D eigenvalue weighted by Gasteiger charge is -2.24. The summed E-state index contributed by atoms with van der Waals surface area (Å²) in [5.74, 6) is -1.15. The van der Waals surface area contributed by atoms with Crippen LogP contribution in [0, 0.1) is 5.41 Å². The fourth-order valence-electron chi connectivity index (χ4n) is 0.868. The zero-order valence-corrected chi connectivity index (χ0v) is 7.18. The summed E-state index contributed by atoms with van der Waals surface area (Å²) in [6.45, 7) is -1.01. The molecule has 13 heavy (non-hydrogen) atoms. The van der Waals surface area contributed by atoms with E-state index in [1.807, 2.05) is 0 Å². The van der Waals surface area contributed by atoms with Crippen molar-refractivity contribution >= 4 is 5.97 Å². The second-order valence-electron chi connectivity index (χ2n) is 2.82. The van der Waals surface area contributed by atoms with Gasteiger partial charge in [0.2, 0.25) is 0 Å². The number of aliphatic hydroxyl groups is 3. The van der Waals surface area contributed by atoms with E-state index in [9.17, 15) is 4.79 Å². The summed E-state index contributed by atoms with van der Waals surface area (Å²) in [7, 11) is 0. The highest BCUT2D eigenvalue weighted by atomic mass is 16.4. The molecule has 0 aromatic rings. The van der Waals surface area contributed by atoms with E-state index in [0.717, 1.165) is 6.08 Å². The Balaban J connectivity index is 4.46. The summed E-state index contributed by atoms with van der Waals surface area (Å²) in [5.41, 5.74) is -1.03. The minimum Gasteiger partial charge on any atom is -0.478 e. The Morgan fingerprint density at radius 3 is 2.08 bits per heavy atom. The second-order valence-corrected chi connectivity index (χ2v) is 2.82. The monoisotopic (exact) mass is 190 g/mol. The molecule has 0 heterocycles. The van der Waals surface area contributed by atoms with Gasteiger partial charge in [-0.05, 0) is 6.42 Å². The maximum absolute atomic E-state index is 10.2. The van der Waals surface area contributed by atoms with E-state index in [0.29, 0.717) is 0 Å². The zero-order chi connectivity index (χ0) is 10.3. The summed E-state index contributed by atoms with van der Waals surface area (Å²) in [6.07, 6.45) is 2.18. The first-order valence-electron chi connectivity index (χ1n) is 3.85. The predicted octanol–water partition coefficient (Wildman–Crippen LogP) is -1.02. The number of aliphatic carboxylic acids is 1. The third-order valence-electron chi connectivity index (χ3n) is 1.82. The first kappa shape index (κ1) is 12.1. The molecule has 0 spiro atoms. The number of rotatable bonds is 6. The lowest BCUT2D eigenvalue weighted by atomic mass is 9.86. The van der Waals surface area contributed by atoms with Crippen molar-refractivity contribution in [2.24, 2.45) is 5.41 Å². The van der Waals surface area contributed by atoms with Crippen LogP contribution in [-0.2, 0) is 4.79 Å². The van der Waals surface area contributed by atoms with Crippen molar-refractivity contribution in [2.75, 3.05) is 19.8 Å². The third kappa shape index (κ3) is 4.02. The van der Waals surface area contributed by atoms with Crippen LogP contribution in [0.2, 0.25) is 0 Å². The van der Waals surface area contributed by atoms with Crippen LogP contribution in [0.15, 0.2) is 12.2 Å². The van der Waals surface area contributed by atoms with E-state index >= 15 is 0 Å². The van der Waals surface area contributed by atoms with Gasteiger partial charge in [-0.1, -0.05) is 6.08 Å². The van der Waals surface area contributed by atoms with Gasteiger partial charge in [0, 0.05) is 18.1 Å². The van der Waals surface area contributed by atoms with Crippen LogP contribution in [0.3, 0.4) is 0 Å². The summed E-state index contributed by atoms with van der Waals surface area (Å²) < 4.78 is 0. The van der Waals surface area contributed by atoms with Crippen molar-refractivity contribution in [1.82, 2.24) is 0 Å². The van der Waals surface area contributed by atoms with E-state index in [-0.39, 0.29) is 13.0 Å². The van der Waals surface area contributed by atoms with Crippen molar-refractivity contribution in [3.63, 3.8) is 0 Å². The van der Waals surface area contributed by atoms with E-state index in [4.69, 9.17) is 20.4 Å². The quantitative estimate of drug-likeness (QED) is 0.402. The first-order valence-corrected chi connectivity index (χ1v) is 3.85. The van der Waals surface area contributed by atoms with Crippen LogP contribution < -0.4 is 0 Å². The molecule has 0 amide bonds. The topological polar surface area (TPSA) is 98.0 Å². The molecule has 0 radical (unpaired) electrons. The minimum absolute atomic E-state index is 0.129. The standard InChI is InChI=1S/C8H14O5/c9-4-3-8(5-10,6-11)2-1-7(12)13/h1-2,9-11H,3-6H2,(H,12,13). The molecule has 5 heteroatoms. The van der Waals surface area contributed by atoms with Gasteiger partial charge in [0.1, 0.15) is 0 Å². The van der Waals surface area contributed by atoms with Gasteiger partial charge in [0.15, 0.2) is 0 Å². The summed E-state index contributed by atoms with van der Waals surface area (Å²) >= 11 is 0. The molecule has 0 unspecified atom stereocenters. The smallest absolute Gasteiger partial charge is 0.327 e. The fraction of sp³-hybridized carbons (Fsp3) is 0.625. The Bertz CT molecular complexity index is 183. The Labute approximate surface area is 75.9 Å². The average Bonchev–Trinajstić information content (AvgIpc) is 2.12. The molecule has 0 aliphatic heterocycles. The molecule has 0 saturated heterocycles. The fourth-order valence-corrected chi connectivity index (χ4v) is 0.868. The van der Waals surface area contributed by atoms with E-state index in [2.05, 4.69) is 0 Å². The van der Waals surface area contributed by atoms with Crippen molar-refractivity contribution < 1.29 is 25.2 Å². The summed E-state index contributed by atoms with van der Waals surface area (Å²) in [6, 6.07) is 0. The molecule has 0 aromatic carbocycles. The number of carboxylic acid groups (broad SMARTS) is 1. The normalized spacial score (nSPS) is 12.2. The third-order valence-corrected chi connectivity index (χ3v) is 1.82. The molecule has 76 valence electrons. The van der Waals surface area contributed by atoms with Crippen LogP contribution in [0.1, 0.15) is 6.42 Å². The molecule has 5 nitrogen and oxygen atoms in total. The highest BCUT2D eigenvalue weighted by molar-refractivity contribution is 5.79. The summed E-state index contributed by atoms with van der Waals surface area (Å²) in [5, 5.41) is 34.8. The van der Waals surface area contributed by atoms with Crippen LogP contribution in [-0.4, -0.2) is 46.2 Å². The highest BCUT2D eigenvalue weighted by Crippen LogP contribution is 2.21. The van der Waals surface area contributed by atoms with Gasteiger partial charge in [-0.2, -0.15) is 0 Å². The first-order chi connectivity index (χ1) is 6.10. The van der Waals surface area contributed by atoms with Crippen molar-refractivity contribution in [3.05, 3.63) is 12.2 Å². The molecular weight excluding hydrogens is 176 g/mol. The molecule has 0 aromatic heterocycles. The van der Waals surface area contributed by atoms with Gasteiger partial charge in [-0.15, -0.1) is 0 Å². The summed E-state index contributed by atoms with van der Waals surface area (Å²) in [4.78, 5) is 10.2. The molecule has 0 aliphatic carbocycles. The van der Waals surface area contributed by atoms with Gasteiger partial charge < -0.3 is 20.4 Å². The lowest BCUT2D eigenvalue weighted by molar-refractivity contribution is -0.131. The van der Waals surface area contributed by atoms with Gasteiger partial charge in [-0.3, -0.25) is 0 Å². The Morgan fingerprint density at radius 2 is 1.77 bits per heavy atom. The molecule has 0 fully saturated rings. The number of hydrogen-bond donors (Lipinski definition) is 4. The maximum Gasteiger partial charge on any atom is 0.327 e. The van der Waals surface area contributed by atoms with Crippen LogP contribution in [0.5, 0.6) is 0 Å². The Morgan fingerprint density at radius 1 is 1.23 bits per heavy atom. The van der Waals surface area contributed by atoms with Gasteiger partial charge >= 0.3 is 5.97 Å². The highest BCUT2D eigenvalue weighted by Gasteiger charge is 2.24. The van der Waals surface area contributed by atoms with Crippen LogP contribution in [0.4, 0.5) is 0 Å². The van der Waals surface area contributed by atoms with Crippen molar-refractivity contribution in [3.8, 4) is 0 Å². The SMILES string of the molecule is O=C(O)C=CC(CO)(CO)CCO. The van der Waals surface area contributed by atoms with E-state index in [1.165, 1.54) is 6.08 Å². The van der Waals surface area contributed by atoms with E-state index < -0.39 is 24.6 Å². The van der Waals surface area contributed by atoms with Gasteiger partial charge in [-0.25, -0.2) is 4.79 Å². The van der Waals surface area contributed by atoms with Crippen LogP contribution in [0.25, 0.3) is 0 Å². The van der Waals surface area contributed by atoms with Gasteiger partial charge in [0.05, 0.1) is 13.2 Å². The van der Waals surface area contributed by atoms with Crippen molar-refractivity contribution in [1.29, 1.82) is 0 Å². The number of hydrogen-bond acceptors (Lipinski definition) is 4. The molecule has 0 aliphatic rings. The average molecular weight is 190 g/mol. The Hall–Kier alpha value is -0.910. The molecule has 0 bridgehead atoms. The van der Waals surface area contributed by atoms with Gasteiger partial charge in [0.25, 0.3) is 0 Å². The molecule has 0 saturated carbocycles. The molecular formula is C8H14O5. The lowest BCUT2D eigenvalue weighted by Crippen LogP contribution is -2.29. The predicted molar refractivity (Wildman–Crippen MR) is 45.1 cm³/mol. The largest absolute Gasteiger partial charge is 0.478 e. The van der Waals surface area contributed by atoms with Crippen molar-refractivity contribution in [2.45, 2.75) is 6.42 Å². The minimum atomic E-state index is -1.15. The second kappa shape index (κ2) is 5.69. The molecule has 4 N–H and O–H groups in total.